The summed E-state index contributed by atoms with van der Waals surface area (Å²) in [5.74, 6) is -0.867. The number of amides is 3. The molecular weight excluding hydrogens is 468 g/mol. The van der Waals surface area contributed by atoms with E-state index in [1.807, 2.05) is 20.0 Å². The van der Waals surface area contributed by atoms with Crippen LogP contribution in [0, 0.1) is 6.92 Å². The highest BCUT2D eigenvalue weighted by Gasteiger charge is 2.40. The van der Waals surface area contributed by atoms with Crippen molar-refractivity contribution in [2.24, 2.45) is 0 Å². The molecule has 2 aliphatic heterocycles. The summed E-state index contributed by atoms with van der Waals surface area (Å²) in [5.41, 5.74) is 2.26. The molecule has 2 heterocycles. The van der Waals surface area contributed by atoms with Crippen LogP contribution in [0.25, 0.3) is 0 Å². The molecule has 1 N–H and O–H groups in total. The molecule has 184 valence electrons. The number of rotatable bonds is 6. The molecule has 0 aliphatic carbocycles. The van der Waals surface area contributed by atoms with Crippen LogP contribution in [-0.4, -0.2) is 67.9 Å². The van der Waals surface area contributed by atoms with Gasteiger partial charge in [-0.1, -0.05) is 17.7 Å². The van der Waals surface area contributed by atoms with Gasteiger partial charge in [0.15, 0.2) is 0 Å². The van der Waals surface area contributed by atoms with Crippen molar-refractivity contribution in [2.75, 3.05) is 44.5 Å². The summed E-state index contributed by atoms with van der Waals surface area (Å²) in [4.78, 5) is 44.0. The average Bonchev–Trinajstić information content (AvgIpc) is 3.07. The van der Waals surface area contributed by atoms with Crippen LogP contribution in [0.5, 0.6) is 5.75 Å². The van der Waals surface area contributed by atoms with Crippen molar-refractivity contribution in [1.29, 1.82) is 0 Å². The fourth-order valence-electron chi connectivity index (χ4n) is 4.40. The second-order valence-electron chi connectivity index (χ2n) is 8.96. The van der Waals surface area contributed by atoms with E-state index >= 15 is 0 Å². The second kappa shape index (κ2) is 10.1. The van der Waals surface area contributed by atoms with Gasteiger partial charge >= 0.3 is 0 Å². The van der Waals surface area contributed by atoms with Crippen LogP contribution in [0.1, 0.15) is 28.8 Å². The molecular formula is C26H29ClN4O4. The maximum atomic E-state index is 13.2. The van der Waals surface area contributed by atoms with Crippen molar-refractivity contribution >= 4 is 40.7 Å². The fraction of sp³-hybridized carbons (Fsp3) is 0.346. The van der Waals surface area contributed by atoms with Gasteiger partial charge in [0.25, 0.3) is 17.7 Å². The Balaban J connectivity index is 1.49. The zero-order valence-corrected chi connectivity index (χ0v) is 21.1. The highest BCUT2D eigenvalue weighted by molar-refractivity contribution is 6.53. The Hall–Kier alpha value is -3.36. The van der Waals surface area contributed by atoms with E-state index in [0.29, 0.717) is 22.7 Å². The number of carbonyl (C=O) groups is 3. The lowest BCUT2D eigenvalue weighted by Gasteiger charge is -2.35. The van der Waals surface area contributed by atoms with Crippen LogP contribution in [0.4, 0.5) is 11.4 Å². The van der Waals surface area contributed by atoms with E-state index < -0.39 is 11.8 Å². The first-order valence-electron chi connectivity index (χ1n) is 11.5. The number of benzene rings is 2. The molecule has 0 saturated carbocycles. The smallest absolute Gasteiger partial charge is 0.283 e. The van der Waals surface area contributed by atoms with Gasteiger partial charge in [0.05, 0.1) is 12.8 Å². The minimum Gasteiger partial charge on any atom is -0.495 e. The highest BCUT2D eigenvalue weighted by atomic mass is 35.5. The number of likely N-dealkylation sites (tertiary alicyclic amines) is 1. The molecule has 4 rings (SSSR count). The Morgan fingerprint density at radius 2 is 1.74 bits per heavy atom. The molecule has 2 aromatic carbocycles. The van der Waals surface area contributed by atoms with Gasteiger partial charge in [-0.15, -0.1) is 0 Å². The van der Waals surface area contributed by atoms with Crippen molar-refractivity contribution < 1.29 is 19.1 Å². The average molecular weight is 497 g/mol. The van der Waals surface area contributed by atoms with Gasteiger partial charge in [-0.05, 0) is 81.9 Å². The predicted molar refractivity (Wildman–Crippen MR) is 136 cm³/mol. The lowest BCUT2D eigenvalue weighted by Crippen LogP contribution is -2.44. The quantitative estimate of drug-likeness (QED) is 0.615. The highest BCUT2D eigenvalue weighted by Crippen LogP contribution is 2.36. The number of aryl methyl sites for hydroxylation is 1. The fourth-order valence-corrected chi connectivity index (χ4v) is 4.61. The maximum Gasteiger partial charge on any atom is 0.283 e. The number of imide groups is 1. The second-order valence-corrected chi connectivity index (χ2v) is 9.34. The minimum absolute atomic E-state index is 0.0252. The third kappa shape index (κ3) is 4.90. The standard InChI is InChI=1S/C26H29ClN4O4/c1-16-5-10-21(35-4)20(15-16)31-25(33)22(27)23(26(31)34)28-18-8-6-17(7-9-18)24(32)30(3)19-11-13-29(2)14-12-19/h5-10,15,19,28H,11-14H2,1-4H3. The molecule has 0 unspecified atom stereocenters. The monoisotopic (exact) mass is 496 g/mol. The summed E-state index contributed by atoms with van der Waals surface area (Å²) >= 11 is 6.27. The molecule has 0 spiro atoms. The number of anilines is 2. The third-order valence-electron chi connectivity index (χ3n) is 6.56. The van der Waals surface area contributed by atoms with Crippen LogP contribution < -0.4 is 15.0 Å². The summed E-state index contributed by atoms with van der Waals surface area (Å²) < 4.78 is 5.34. The van der Waals surface area contributed by atoms with Crippen LogP contribution in [0.2, 0.25) is 0 Å². The van der Waals surface area contributed by atoms with Crippen molar-refractivity contribution in [1.82, 2.24) is 9.80 Å². The molecule has 0 atom stereocenters. The molecule has 1 saturated heterocycles. The van der Waals surface area contributed by atoms with Crippen LogP contribution in [0.15, 0.2) is 53.2 Å². The van der Waals surface area contributed by atoms with Crippen molar-refractivity contribution in [3.63, 3.8) is 0 Å². The Labute approximate surface area is 210 Å². The van der Waals surface area contributed by atoms with Crippen molar-refractivity contribution in [3.05, 3.63) is 64.3 Å². The Kier molecular flexibility index (Phi) is 7.14. The topological polar surface area (TPSA) is 82.2 Å². The Morgan fingerprint density at radius 1 is 1.09 bits per heavy atom. The van der Waals surface area contributed by atoms with Gasteiger partial charge in [0, 0.05) is 24.3 Å². The molecule has 8 nitrogen and oxygen atoms in total. The Bertz CT molecular complexity index is 1190. The summed E-state index contributed by atoms with van der Waals surface area (Å²) in [5, 5.41) is 2.74. The molecule has 0 radical (unpaired) electrons. The summed E-state index contributed by atoms with van der Waals surface area (Å²) in [7, 11) is 5.40. The molecule has 35 heavy (non-hydrogen) atoms. The number of nitrogens with one attached hydrogen (secondary N) is 1. The van der Waals surface area contributed by atoms with Gasteiger partial charge in [-0.25, -0.2) is 4.90 Å². The van der Waals surface area contributed by atoms with Gasteiger partial charge in [-0.2, -0.15) is 0 Å². The number of hydrogen-bond acceptors (Lipinski definition) is 6. The van der Waals surface area contributed by atoms with Crippen LogP contribution >= 0.6 is 11.6 Å². The van der Waals surface area contributed by atoms with Crippen molar-refractivity contribution in [2.45, 2.75) is 25.8 Å². The number of ether oxygens (including phenoxy) is 1. The number of halogens is 1. The zero-order valence-electron chi connectivity index (χ0n) is 20.3. The van der Waals surface area contributed by atoms with E-state index in [9.17, 15) is 14.4 Å². The zero-order chi connectivity index (χ0) is 25.3. The lowest BCUT2D eigenvalue weighted by molar-refractivity contribution is -0.120. The van der Waals surface area contributed by atoms with Gasteiger partial charge in [0.1, 0.15) is 16.5 Å². The summed E-state index contributed by atoms with van der Waals surface area (Å²) in [6, 6.07) is 12.2. The summed E-state index contributed by atoms with van der Waals surface area (Å²) in [6.07, 6.45) is 1.90. The van der Waals surface area contributed by atoms with E-state index in [2.05, 4.69) is 17.3 Å². The molecule has 0 bridgehead atoms. The SMILES string of the molecule is COc1ccc(C)cc1N1C(=O)C(Cl)=C(Nc2ccc(C(=O)N(C)C3CCN(C)CC3)cc2)C1=O. The van der Waals surface area contributed by atoms with Gasteiger partial charge < -0.3 is 19.9 Å². The van der Waals surface area contributed by atoms with E-state index in [1.165, 1.54) is 7.11 Å². The number of piperidine rings is 1. The van der Waals surface area contributed by atoms with Crippen molar-refractivity contribution in [3.8, 4) is 5.75 Å². The number of hydrogen-bond donors (Lipinski definition) is 1. The first-order chi connectivity index (χ1) is 16.7. The minimum atomic E-state index is -0.630. The molecule has 2 aromatic rings. The first-order valence-corrected chi connectivity index (χ1v) is 11.8. The van der Waals surface area contributed by atoms with E-state index in [4.69, 9.17) is 16.3 Å². The normalized spacial score (nSPS) is 17.2. The van der Waals surface area contributed by atoms with E-state index in [-0.39, 0.29) is 22.7 Å². The molecule has 1 fully saturated rings. The van der Waals surface area contributed by atoms with E-state index in [1.54, 1.807) is 41.3 Å². The van der Waals surface area contributed by atoms with Crippen LogP contribution in [-0.2, 0) is 9.59 Å². The van der Waals surface area contributed by atoms with Gasteiger partial charge in [-0.3, -0.25) is 14.4 Å². The predicted octanol–water partition coefficient (Wildman–Crippen LogP) is 3.61. The number of nitrogens with zero attached hydrogens (tertiary/aromatic N) is 3. The number of methoxy groups -OCH3 is 1. The van der Waals surface area contributed by atoms with E-state index in [0.717, 1.165) is 36.4 Å². The summed E-state index contributed by atoms with van der Waals surface area (Å²) in [6.45, 7) is 3.80. The Morgan fingerprint density at radius 3 is 2.37 bits per heavy atom. The maximum absolute atomic E-state index is 13.2. The third-order valence-corrected chi connectivity index (χ3v) is 6.91. The largest absolute Gasteiger partial charge is 0.495 e. The first kappa shape index (κ1) is 24.8. The molecule has 2 aliphatic rings. The van der Waals surface area contributed by atoms with Crippen LogP contribution in [0.3, 0.4) is 0 Å². The molecule has 0 aromatic heterocycles. The lowest BCUT2D eigenvalue weighted by atomic mass is 10.0. The molecule has 9 heteroatoms. The molecule has 3 amide bonds. The van der Waals surface area contributed by atoms with Gasteiger partial charge in [0.2, 0.25) is 0 Å². The number of carbonyl (C=O) groups excluding carboxylic acids is 3.